The van der Waals surface area contributed by atoms with E-state index in [1.54, 1.807) is 6.07 Å². The molecule has 3 rings (SSSR count). The molecule has 1 atom stereocenters. The number of nitrogens with zero attached hydrogens (tertiary/aromatic N) is 2. The fraction of sp³-hybridized carbons (Fsp3) is 0.481. The zero-order chi connectivity index (χ0) is 24.9. The van der Waals surface area contributed by atoms with Gasteiger partial charge in [0.25, 0.3) is 5.91 Å². The largest absolute Gasteiger partial charge is 0.484 e. The minimum atomic E-state index is -0.375. The van der Waals surface area contributed by atoms with Gasteiger partial charge in [0, 0.05) is 37.3 Å². The summed E-state index contributed by atoms with van der Waals surface area (Å²) >= 11 is 6.54. The molecule has 1 aliphatic heterocycles. The molecule has 1 saturated heterocycles. The molecule has 0 saturated carbocycles. The second-order valence-electron chi connectivity index (χ2n) is 9.91. The van der Waals surface area contributed by atoms with E-state index < -0.39 is 0 Å². The quantitative estimate of drug-likeness (QED) is 0.557. The van der Waals surface area contributed by atoms with Gasteiger partial charge >= 0.3 is 0 Å². The number of carbonyl (C=O) groups excluding carboxylic acids is 2. The Morgan fingerprint density at radius 3 is 2.26 bits per heavy atom. The molecule has 1 N–H and O–H groups in total. The number of nitrogens with one attached hydrogen (secondary N) is 1. The third kappa shape index (κ3) is 6.66. The van der Waals surface area contributed by atoms with Gasteiger partial charge in [-0.2, -0.15) is 0 Å². The van der Waals surface area contributed by atoms with Crippen LogP contribution in [0.1, 0.15) is 52.5 Å². The zero-order valence-electron chi connectivity index (χ0n) is 20.9. The summed E-state index contributed by atoms with van der Waals surface area (Å²) in [5, 5.41) is 3.41. The molecule has 2 aromatic rings. The van der Waals surface area contributed by atoms with Gasteiger partial charge in [-0.15, -0.1) is 0 Å². The molecule has 7 heteroatoms. The van der Waals surface area contributed by atoms with E-state index >= 15 is 0 Å². The van der Waals surface area contributed by atoms with Crippen LogP contribution in [0.25, 0.3) is 0 Å². The lowest BCUT2D eigenvalue weighted by Gasteiger charge is -2.39. The van der Waals surface area contributed by atoms with Crippen LogP contribution >= 0.6 is 11.6 Å². The van der Waals surface area contributed by atoms with Gasteiger partial charge in [0.15, 0.2) is 6.61 Å². The average Bonchev–Trinajstić information content (AvgIpc) is 2.82. The predicted molar refractivity (Wildman–Crippen MR) is 139 cm³/mol. The lowest BCUT2D eigenvalue weighted by atomic mass is 9.94. The number of benzene rings is 2. The number of hydrogen-bond donors (Lipinski definition) is 1. The number of carbonyl (C=O) groups is 2. The van der Waals surface area contributed by atoms with Crippen molar-refractivity contribution in [2.75, 3.05) is 43.0 Å². The van der Waals surface area contributed by atoms with Crippen molar-refractivity contribution in [3.63, 3.8) is 0 Å². The maximum atomic E-state index is 12.5. The molecule has 2 aromatic carbocycles. The van der Waals surface area contributed by atoms with Crippen molar-refractivity contribution in [3.05, 3.63) is 53.1 Å². The molecule has 0 unspecified atom stereocenters. The number of anilines is 2. The molecule has 1 fully saturated rings. The van der Waals surface area contributed by atoms with E-state index in [0.29, 0.717) is 35.5 Å². The topological polar surface area (TPSA) is 61.9 Å². The summed E-state index contributed by atoms with van der Waals surface area (Å²) < 4.78 is 5.63. The number of amides is 2. The van der Waals surface area contributed by atoms with E-state index in [4.69, 9.17) is 16.3 Å². The fourth-order valence-electron chi connectivity index (χ4n) is 3.94. The highest BCUT2D eigenvalue weighted by atomic mass is 35.5. The third-order valence-corrected chi connectivity index (χ3v) is 6.51. The Bertz CT molecular complexity index is 993. The Morgan fingerprint density at radius 2 is 1.71 bits per heavy atom. The van der Waals surface area contributed by atoms with E-state index in [1.807, 2.05) is 62.1 Å². The SMILES string of the molecule is CC[C@H](C)c1ccc(OCC(=O)Nc2ccc(N3CCN(C(=O)C(C)(C)C)CC3)c(Cl)c2)cc1. The first-order valence-electron chi connectivity index (χ1n) is 11.9. The molecule has 6 nitrogen and oxygen atoms in total. The average molecular weight is 486 g/mol. The van der Waals surface area contributed by atoms with Crippen molar-refractivity contribution >= 4 is 34.8 Å². The number of rotatable bonds is 7. The summed E-state index contributed by atoms with van der Waals surface area (Å²) in [7, 11) is 0. The predicted octanol–water partition coefficient (Wildman–Crippen LogP) is 5.57. The highest BCUT2D eigenvalue weighted by Crippen LogP contribution is 2.30. The summed E-state index contributed by atoms with van der Waals surface area (Å²) in [6.07, 6.45) is 1.08. The highest BCUT2D eigenvalue weighted by Gasteiger charge is 2.30. The van der Waals surface area contributed by atoms with Gasteiger partial charge in [0.05, 0.1) is 10.7 Å². The lowest BCUT2D eigenvalue weighted by Crippen LogP contribution is -2.51. The highest BCUT2D eigenvalue weighted by molar-refractivity contribution is 6.33. The van der Waals surface area contributed by atoms with Crippen LogP contribution in [-0.4, -0.2) is 49.5 Å². The van der Waals surface area contributed by atoms with Crippen LogP contribution in [0.2, 0.25) is 5.02 Å². The number of piperazine rings is 1. The maximum Gasteiger partial charge on any atom is 0.262 e. The maximum absolute atomic E-state index is 12.5. The normalized spacial score (nSPS) is 15.1. The van der Waals surface area contributed by atoms with Gasteiger partial charge in [-0.3, -0.25) is 9.59 Å². The Balaban J connectivity index is 1.51. The van der Waals surface area contributed by atoms with Crippen LogP contribution in [-0.2, 0) is 9.59 Å². The van der Waals surface area contributed by atoms with Gasteiger partial charge in [-0.05, 0) is 48.2 Å². The Hall–Kier alpha value is -2.73. The second kappa shape index (κ2) is 11.1. The summed E-state index contributed by atoms with van der Waals surface area (Å²) in [6.45, 7) is 12.9. The first kappa shape index (κ1) is 25.9. The smallest absolute Gasteiger partial charge is 0.262 e. The molecular formula is C27H36ClN3O3. The van der Waals surface area contributed by atoms with E-state index in [9.17, 15) is 9.59 Å². The molecule has 0 aliphatic carbocycles. The minimum absolute atomic E-state index is 0.0776. The van der Waals surface area contributed by atoms with Gasteiger partial charge in [0.2, 0.25) is 5.91 Å². The van der Waals surface area contributed by atoms with Crippen LogP contribution in [0, 0.1) is 5.41 Å². The van der Waals surface area contributed by atoms with Crippen molar-refractivity contribution in [1.29, 1.82) is 0 Å². The Kier molecular flexibility index (Phi) is 8.47. The summed E-state index contributed by atoms with van der Waals surface area (Å²) in [5.74, 6) is 1.09. The number of hydrogen-bond acceptors (Lipinski definition) is 4. The first-order chi connectivity index (χ1) is 16.1. The number of halogens is 1. The molecule has 1 heterocycles. The molecule has 2 amide bonds. The van der Waals surface area contributed by atoms with Crippen LogP contribution < -0.4 is 15.0 Å². The zero-order valence-corrected chi connectivity index (χ0v) is 21.6. The van der Waals surface area contributed by atoms with Gasteiger partial charge < -0.3 is 19.9 Å². The van der Waals surface area contributed by atoms with Crippen LogP contribution in [0.3, 0.4) is 0 Å². The van der Waals surface area contributed by atoms with E-state index in [-0.39, 0.29) is 23.8 Å². The molecule has 34 heavy (non-hydrogen) atoms. The lowest BCUT2D eigenvalue weighted by molar-refractivity contribution is -0.139. The molecule has 1 aliphatic rings. The summed E-state index contributed by atoms with van der Waals surface area (Å²) in [6, 6.07) is 13.4. The van der Waals surface area contributed by atoms with E-state index in [0.717, 1.165) is 25.2 Å². The summed E-state index contributed by atoms with van der Waals surface area (Å²) in [5.41, 5.74) is 2.41. The molecule has 0 spiro atoms. The van der Waals surface area contributed by atoms with Crippen LogP contribution in [0.15, 0.2) is 42.5 Å². The van der Waals surface area contributed by atoms with Crippen molar-refractivity contribution in [1.82, 2.24) is 4.90 Å². The summed E-state index contributed by atoms with van der Waals surface area (Å²) in [4.78, 5) is 29.0. The van der Waals surface area contributed by atoms with Crippen molar-refractivity contribution in [2.24, 2.45) is 5.41 Å². The molecule has 0 radical (unpaired) electrons. The van der Waals surface area contributed by atoms with Gasteiger partial charge in [-0.25, -0.2) is 0 Å². The van der Waals surface area contributed by atoms with Gasteiger partial charge in [-0.1, -0.05) is 58.4 Å². The fourth-order valence-corrected chi connectivity index (χ4v) is 4.24. The standard InChI is InChI=1S/C27H36ClN3O3/c1-6-19(2)20-7-10-22(11-8-20)34-18-25(32)29-21-9-12-24(23(28)17-21)30-13-15-31(16-14-30)26(33)27(3,4)5/h7-12,17,19H,6,13-16,18H2,1-5H3,(H,29,32)/t19-/m0/s1. The minimum Gasteiger partial charge on any atom is -0.484 e. The van der Waals surface area contributed by atoms with Crippen molar-refractivity contribution in [3.8, 4) is 5.75 Å². The monoisotopic (exact) mass is 485 g/mol. The second-order valence-corrected chi connectivity index (χ2v) is 10.3. The third-order valence-electron chi connectivity index (χ3n) is 6.21. The molecule has 0 bridgehead atoms. The van der Waals surface area contributed by atoms with E-state index in [2.05, 4.69) is 24.1 Å². The van der Waals surface area contributed by atoms with E-state index in [1.165, 1.54) is 5.56 Å². The van der Waals surface area contributed by atoms with Crippen LogP contribution in [0.4, 0.5) is 11.4 Å². The molecule has 0 aromatic heterocycles. The van der Waals surface area contributed by atoms with Crippen molar-refractivity contribution in [2.45, 2.75) is 47.0 Å². The molecular weight excluding hydrogens is 450 g/mol. The number of ether oxygens (including phenoxy) is 1. The Labute approximate surface area is 208 Å². The van der Waals surface area contributed by atoms with Gasteiger partial charge in [0.1, 0.15) is 5.75 Å². The van der Waals surface area contributed by atoms with Crippen molar-refractivity contribution < 1.29 is 14.3 Å². The van der Waals surface area contributed by atoms with Crippen LogP contribution in [0.5, 0.6) is 5.75 Å². The Morgan fingerprint density at radius 1 is 1.06 bits per heavy atom. The molecule has 184 valence electrons. The first-order valence-corrected chi connectivity index (χ1v) is 12.3.